The van der Waals surface area contributed by atoms with Gasteiger partial charge < -0.3 is 4.74 Å². The van der Waals surface area contributed by atoms with E-state index in [0.717, 1.165) is 19.7 Å². The summed E-state index contributed by atoms with van der Waals surface area (Å²) in [6.45, 7) is 4.95. The van der Waals surface area contributed by atoms with Gasteiger partial charge in [0.05, 0.1) is 12.3 Å². The first-order valence-corrected chi connectivity index (χ1v) is 8.31. The summed E-state index contributed by atoms with van der Waals surface area (Å²) in [6, 6.07) is 4.48. The normalized spacial score (nSPS) is 18.8. The molecule has 1 saturated heterocycles. The first-order chi connectivity index (χ1) is 10.1. The number of ether oxygens (including phenoxy) is 1. The number of rotatable bonds is 5. The van der Waals surface area contributed by atoms with Crippen molar-refractivity contribution in [2.45, 2.75) is 39.0 Å². The monoisotopic (exact) mass is 305 g/mol. The lowest BCUT2D eigenvalue weighted by molar-refractivity contribution is 0.114. The molecule has 0 bridgehead atoms. The second kappa shape index (κ2) is 6.30. The second-order valence-corrected chi connectivity index (χ2v) is 7.06. The third-order valence-electron chi connectivity index (χ3n) is 4.13. The van der Waals surface area contributed by atoms with Crippen molar-refractivity contribution in [2.75, 3.05) is 13.7 Å². The molecule has 0 spiro atoms. The Morgan fingerprint density at radius 2 is 2.29 bits per heavy atom. The van der Waals surface area contributed by atoms with E-state index in [4.69, 9.17) is 4.74 Å². The highest BCUT2D eigenvalue weighted by atomic mass is 32.1. The van der Waals surface area contributed by atoms with E-state index >= 15 is 0 Å². The van der Waals surface area contributed by atoms with E-state index in [1.165, 1.54) is 33.9 Å². The molecular weight excluding hydrogens is 282 g/mol. The summed E-state index contributed by atoms with van der Waals surface area (Å²) in [6.07, 6.45) is 4.68. The molecule has 1 aliphatic rings. The van der Waals surface area contributed by atoms with Crippen LogP contribution in [0.5, 0.6) is 0 Å². The minimum Gasteiger partial charge on any atom is -0.373 e. The molecule has 1 atom stereocenters. The topological polar surface area (TPSA) is 30.3 Å². The highest BCUT2D eigenvalue weighted by Gasteiger charge is 2.19. The van der Waals surface area contributed by atoms with Crippen LogP contribution in [0.3, 0.4) is 0 Å². The van der Waals surface area contributed by atoms with Gasteiger partial charge in [0.25, 0.3) is 0 Å². The molecule has 3 heterocycles. The van der Waals surface area contributed by atoms with Crippen molar-refractivity contribution in [3.8, 4) is 0 Å². The Labute approximate surface area is 130 Å². The fourth-order valence-electron chi connectivity index (χ4n) is 2.77. The maximum absolute atomic E-state index is 5.76. The smallest absolute Gasteiger partial charge is 0.0917 e. The highest BCUT2D eigenvalue weighted by Crippen LogP contribution is 2.33. The van der Waals surface area contributed by atoms with Crippen molar-refractivity contribution >= 4 is 11.3 Å². The lowest BCUT2D eigenvalue weighted by Gasteiger charge is -2.15. The molecular formula is C16H23N3OS. The van der Waals surface area contributed by atoms with E-state index in [-0.39, 0.29) is 0 Å². The van der Waals surface area contributed by atoms with Gasteiger partial charge in [-0.3, -0.25) is 9.58 Å². The molecule has 2 aromatic heterocycles. The predicted molar refractivity (Wildman–Crippen MR) is 85.4 cm³/mol. The molecule has 0 amide bonds. The van der Waals surface area contributed by atoms with Crippen molar-refractivity contribution in [1.82, 2.24) is 14.7 Å². The molecule has 114 valence electrons. The van der Waals surface area contributed by atoms with Gasteiger partial charge in [-0.2, -0.15) is 5.10 Å². The Morgan fingerprint density at radius 1 is 1.43 bits per heavy atom. The van der Waals surface area contributed by atoms with Gasteiger partial charge in [0.2, 0.25) is 0 Å². The van der Waals surface area contributed by atoms with Gasteiger partial charge in [0, 0.05) is 47.8 Å². The van der Waals surface area contributed by atoms with E-state index in [9.17, 15) is 0 Å². The molecule has 0 aromatic carbocycles. The molecule has 4 nitrogen and oxygen atoms in total. The van der Waals surface area contributed by atoms with Crippen LogP contribution in [0.4, 0.5) is 0 Å². The largest absolute Gasteiger partial charge is 0.373 e. The minimum atomic E-state index is 0.342. The molecule has 3 rings (SSSR count). The van der Waals surface area contributed by atoms with Crippen molar-refractivity contribution in [2.24, 2.45) is 7.05 Å². The van der Waals surface area contributed by atoms with E-state index < -0.39 is 0 Å². The summed E-state index contributed by atoms with van der Waals surface area (Å²) in [4.78, 5) is 5.13. The number of hydrogen-bond donors (Lipinski definition) is 0. The van der Waals surface area contributed by atoms with E-state index in [1.807, 2.05) is 29.3 Å². The fourth-order valence-corrected chi connectivity index (χ4v) is 3.94. The lowest BCUT2D eigenvalue weighted by atomic mass is 10.2. The Morgan fingerprint density at radius 3 is 2.95 bits per heavy atom. The van der Waals surface area contributed by atoms with Gasteiger partial charge in [0.15, 0.2) is 0 Å². The summed E-state index contributed by atoms with van der Waals surface area (Å²) in [5, 5.41) is 4.31. The summed E-state index contributed by atoms with van der Waals surface area (Å²) in [5.74, 6) is 0. The van der Waals surface area contributed by atoms with Crippen LogP contribution in [0, 0.1) is 6.92 Å². The van der Waals surface area contributed by atoms with Gasteiger partial charge in [-0.05, 0) is 38.9 Å². The number of thiophene rings is 1. The predicted octanol–water partition coefficient (Wildman–Crippen LogP) is 3.27. The molecule has 0 saturated carbocycles. The maximum Gasteiger partial charge on any atom is 0.0917 e. The quantitative estimate of drug-likeness (QED) is 0.849. The summed E-state index contributed by atoms with van der Waals surface area (Å²) in [7, 11) is 4.16. The Bertz CT molecular complexity index is 598. The average Bonchev–Trinajstić information content (AvgIpc) is 3.16. The first kappa shape index (κ1) is 14.8. The Hall–Kier alpha value is -1.17. The molecule has 0 N–H and O–H groups in total. The molecule has 2 aromatic rings. The summed E-state index contributed by atoms with van der Waals surface area (Å²) in [5.41, 5.74) is 2.55. The average molecular weight is 305 g/mol. The summed E-state index contributed by atoms with van der Waals surface area (Å²) < 4.78 is 7.69. The Kier molecular flexibility index (Phi) is 4.42. The molecule has 1 aliphatic heterocycles. The minimum absolute atomic E-state index is 0.342. The van der Waals surface area contributed by atoms with Crippen molar-refractivity contribution in [3.63, 3.8) is 0 Å². The van der Waals surface area contributed by atoms with E-state index in [2.05, 4.69) is 36.1 Å². The van der Waals surface area contributed by atoms with Crippen LogP contribution < -0.4 is 0 Å². The van der Waals surface area contributed by atoms with Gasteiger partial charge in [-0.15, -0.1) is 11.3 Å². The molecule has 0 unspecified atom stereocenters. The van der Waals surface area contributed by atoms with Crippen LogP contribution in [0.1, 0.15) is 40.0 Å². The molecule has 1 fully saturated rings. The number of hydrogen-bond acceptors (Lipinski definition) is 4. The number of aryl methyl sites for hydroxylation is 1. The van der Waals surface area contributed by atoms with Gasteiger partial charge in [-0.25, -0.2) is 0 Å². The summed E-state index contributed by atoms with van der Waals surface area (Å²) >= 11 is 1.89. The SMILES string of the molecule is Cc1c(CN(C)Cc2ccc([C@H]3CCCO3)s2)cnn1C. The van der Waals surface area contributed by atoms with Crippen LogP contribution in [0.25, 0.3) is 0 Å². The van der Waals surface area contributed by atoms with Crippen LogP contribution in [0.15, 0.2) is 18.3 Å². The molecule has 0 aliphatic carbocycles. The zero-order chi connectivity index (χ0) is 14.8. The van der Waals surface area contributed by atoms with Gasteiger partial charge in [-0.1, -0.05) is 0 Å². The van der Waals surface area contributed by atoms with Crippen molar-refractivity contribution in [3.05, 3.63) is 39.3 Å². The first-order valence-electron chi connectivity index (χ1n) is 7.49. The highest BCUT2D eigenvalue weighted by molar-refractivity contribution is 7.12. The maximum atomic E-state index is 5.76. The third kappa shape index (κ3) is 3.36. The van der Waals surface area contributed by atoms with E-state index in [0.29, 0.717) is 6.10 Å². The molecule has 0 radical (unpaired) electrons. The molecule has 5 heteroatoms. The van der Waals surface area contributed by atoms with Gasteiger partial charge in [0.1, 0.15) is 0 Å². The zero-order valence-electron chi connectivity index (χ0n) is 13.0. The third-order valence-corrected chi connectivity index (χ3v) is 5.29. The molecule has 21 heavy (non-hydrogen) atoms. The zero-order valence-corrected chi connectivity index (χ0v) is 13.8. The Balaban J connectivity index is 1.59. The van der Waals surface area contributed by atoms with Crippen LogP contribution >= 0.6 is 11.3 Å². The van der Waals surface area contributed by atoms with Crippen molar-refractivity contribution in [1.29, 1.82) is 0 Å². The van der Waals surface area contributed by atoms with Crippen LogP contribution in [0.2, 0.25) is 0 Å². The van der Waals surface area contributed by atoms with Gasteiger partial charge >= 0.3 is 0 Å². The van der Waals surface area contributed by atoms with Crippen molar-refractivity contribution < 1.29 is 4.74 Å². The fraction of sp³-hybridized carbons (Fsp3) is 0.562. The van der Waals surface area contributed by atoms with Crippen LogP contribution in [-0.2, 0) is 24.9 Å². The number of aromatic nitrogens is 2. The lowest BCUT2D eigenvalue weighted by Crippen LogP contribution is -2.16. The second-order valence-electron chi connectivity index (χ2n) is 5.86. The van der Waals surface area contributed by atoms with Crippen LogP contribution in [-0.4, -0.2) is 28.3 Å². The number of nitrogens with zero attached hydrogens (tertiary/aromatic N) is 3. The van der Waals surface area contributed by atoms with E-state index in [1.54, 1.807) is 0 Å². The standard InChI is InChI=1S/C16H23N3OS/c1-12-13(9-17-19(12)3)10-18(2)11-14-6-7-16(21-14)15-5-4-8-20-15/h6-7,9,15H,4-5,8,10-11H2,1-3H3/t15-/m1/s1.